The Morgan fingerprint density at radius 1 is 0.789 bits per heavy atom. The number of rotatable bonds is 11. The average Bonchev–Trinajstić information content (AvgIpc) is 3.51. The number of furan rings is 1. The minimum atomic E-state index is -1.40. The largest absolute Gasteiger partial charge is 0.459 e. The number of nitrogens with zero attached hydrogens (tertiary/aromatic N) is 1. The van der Waals surface area contributed by atoms with Gasteiger partial charge in [-0.1, -0.05) is 0 Å². The van der Waals surface area contributed by atoms with Crippen LogP contribution in [0.2, 0.25) is 0 Å². The molecule has 2 fully saturated rings. The quantitative estimate of drug-likeness (QED) is 0.193. The molecule has 0 bridgehead atoms. The number of carbonyl (C=O) groups excluding carboxylic acids is 3. The SMILES string of the molecule is CC(C)NC(=O)C[C@@H]1O[C@H](CN(C[C@H]2O[C@@H](CC(=O)NC(C)C)[C@H](O)[C@@H]2O)C(=O)c2ccco2)[C@@H](O)[C@H]1O. The monoisotopic (exact) mass is 541 g/mol. The third-order valence-electron chi connectivity index (χ3n) is 6.41. The van der Waals surface area contributed by atoms with Crippen LogP contribution in [-0.4, -0.2) is 117 Å². The van der Waals surface area contributed by atoms with Crippen LogP contribution in [0.4, 0.5) is 0 Å². The van der Waals surface area contributed by atoms with Gasteiger partial charge < -0.3 is 49.9 Å². The normalized spacial score (nSPS) is 31.1. The summed E-state index contributed by atoms with van der Waals surface area (Å²) in [5, 5.41) is 47.6. The maximum absolute atomic E-state index is 13.2. The molecule has 0 spiro atoms. The van der Waals surface area contributed by atoms with E-state index in [1.807, 2.05) is 0 Å². The van der Waals surface area contributed by atoms with Crippen LogP contribution < -0.4 is 10.6 Å². The van der Waals surface area contributed by atoms with Gasteiger partial charge in [0.15, 0.2) is 5.76 Å². The molecule has 13 nitrogen and oxygen atoms in total. The Morgan fingerprint density at radius 2 is 1.21 bits per heavy atom. The summed E-state index contributed by atoms with van der Waals surface area (Å²) in [6.07, 6.45) is -8.68. The lowest BCUT2D eigenvalue weighted by molar-refractivity contribution is -0.126. The fraction of sp³-hybridized carbons (Fsp3) is 0.720. The molecule has 3 rings (SSSR count). The summed E-state index contributed by atoms with van der Waals surface area (Å²) in [7, 11) is 0. The number of aliphatic hydroxyl groups excluding tert-OH is 4. The Morgan fingerprint density at radius 3 is 1.58 bits per heavy atom. The van der Waals surface area contributed by atoms with Crippen molar-refractivity contribution >= 4 is 17.7 Å². The number of nitrogens with one attached hydrogen (secondary N) is 2. The van der Waals surface area contributed by atoms with E-state index in [9.17, 15) is 34.8 Å². The summed E-state index contributed by atoms with van der Waals surface area (Å²) in [5.74, 6) is -1.34. The van der Waals surface area contributed by atoms with Crippen LogP contribution in [0.15, 0.2) is 22.8 Å². The minimum Gasteiger partial charge on any atom is -0.459 e. The third-order valence-corrected chi connectivity index (χ3v) is 6.41. The number of hydrogen-bond acceptors (Lipinski definition) is 10. The number of carbonyl (C=O) groups is 3. The summed E-state index contributed by atoms with van der Waals surface area (Å²) < 4.78 is 16.8. The van der Waals surface area contributed by atoms with E-state index in [1.54, 1.807) is 27.7 Å². The Balaban J connectivity index is 1.71. The van der Waals surface area contributed by atoms with Crippen molar-refractivity contribution in [2.24, 2.45) is 0 Å². The molecule has 2 saturated heterocycles. The third kappa shape index (κ3) is 7.52. The van der Waals surface area contributed by atoms with Gasteiger partial charge in [-0.15, -0.1) is 0 Å². The van der Waals surface area contributed by atoms with Gasteiger partial charge in [-0.05, 0) is 39.8 Å². The zero-order valence-corrected chi connectivity index (χ0v) is 22.0. The lowest BCUT2D eigenvalue weighted by atomic mass is 10.0. The molecule has 38 heavy (non-hydrogen) atoms. The highest BCUT2D eigenvalue weighted by Gasteiger charge is 2.47. The van der Waals surface area contributed by atoms with Gasteiger partial charge >= 0.3 is 0 Å². The molecule has 0 aliphatic carbocycles. The fourth-order valence-corrected chi connectivity index (χ4v) is 4.65. The van der Waals surface area contributed by atoms with Gasteiger partial charge in [-0.25, -0.2) is 0 Å². The number of aliphatic hydroxyl groups is 4. The predicted octanol–water partition coefficient (Wildman–Crippen LogP) is -1.47. The Bertz CT molecular complexity index is 888. The van der Waals surface area contributed by atoms with Crippen molar-refractivity contribution in [1.29, 1.82) is 0 Å². The van der Waals surface area contributed by atoms with Crippen molar-refractivity contribution in [3.05, 3.63) is 24.2 Å². The molecule has 0 radical (unpaired) electrons. The van der Waals surface area contributed by atoms with Gasteiger partial charge in [-0.2, -0.15) is 0 Å². The first kappa shape index (κ1) is 30.0. The molecular weight excluding hydrogens is 502 g/mol. The van der Waals surface area contributed by atoms with Gasteiger partial charge in [-0.3, -0.25) is 14.4 Å². The molecule has 13 heteroatoms. The van der Waals surface area contributed by atoms with Crippen LogP contribution >= 0.6 is 0 Å². The molecule has 2 aliphatic heterocycles. The zero-order valence-electron chi connectivity index (χ0n) is 22.0. The Labute approximate surface area is 221 Å². The molecule has 0 saturated carbocycles. The summed E-state index contributed by atoms with van der Waals surface area (Å²) in [4.78, 5) is 38.8. The topological polar surface area (TPSA) is 191 Å². The van der Waals surface area contributed by atoms with Crippen LogP contribution in [0.1, 0.15) is 51.1 Å². The van der Waals surface area contributed by atoms with E-state index in [2.05, 4.69) is 10.6 Å². The van der Waals surface area contributed by atoms with E-state index in [0.29, 0.717) is 0 Å². The minimum absolute atomic E-state index is 0.0215. The first-order valence-electron chi connectivity index (χ1n) is 12.8. The second-order valence-electron chi connectivity index (χ2n) is 10.4. The van der Waals surface area contributed by atoms with Crippen molar-refractivity contribution in [3.8, 4) is 0 Å². The standard InChI is InChI=1S/C25H39N3O10/c1-12(2)26-19(29)8-15-21(31)23(33)17(37-15)10-28(25(35)14-6-5-7-36-14)11-18-24(34)22(32)16(38-18)9-20(30)27-13(3)4/h5-7,12-13,15-18,21-24,31-34H,8-11H2,1-4H3,(H,26,29)(H,27,30)/t15-,16-,17+,18+,21-,22-,23+,24+/m0/s1. The number of hydrogen-bond donors (Lipinski definition) is 6. The zero-order chi connectivity index (χ0) is 28.1. The van der Waals surface area contributed by atoms with Gasteiger partial charge in [0, 0.05) is 12.1 Å². The average molecular weight is 542 g/mol. The molecular formula is C25H39N3O10. The number of ether oxygens (including phenoxy) is 2. The van der Waals surface area contributed by atoms with Crippen LogP contribution in [0, 0.1) is 0 Å². The maximum Gasteiger partial charge on any atom is 0.289 e. The molecule has 3 heterocycles. The highest BCUT2D eigenvalue weighted by atomic mass is 16.6. The highest BCUT2D eigenvalue weighted by molar-refractivity contribution is 5.91. The Kier molecular flexibility index (Phi) is 10.3. The van der Waals surface area contributed by atoms with Crippen LogP contribution in [0.3, 0.4) is 0 Å². The molecule has 1 aromatic rings. The number of amides is 3. The molecule has 3 amide bonds. The predicted molar refractivity (Wildman–Crippen MR) is 132 cm³/mol. The van der Waals surface area contributed by atoms with Gasteiger partial charge in [0.1, 0.15) is 36.6 Å². The van der Waals surface area contributed by atoms with Crippen molar-refractivity contribution in [2.75, 3.05) is 13.1 Å². The molecule has 8 atom stereocenters. The van der Waals surface area contributed by atoms with Crippen LogP contribution in [0.25, 0.3) is 0 Å². The molecule has 2 aliphatic rings. The Hall–Kier alpha value is -2.55. The first-order valence-corrected chi connectivity index (χ1v) is 12.8. The lowest BCUT2D eigenvalue weighted by Crippen LogP contribution is -2.48. The van der Waals surface area contributed by atoms with E-state index in [0.717, 1.165) is 0 Å². The summed E-state index contributed by atoms with van der Waals surface area (Å²) in [6.45, 7) is 6.69. The lowest BCUT2D eigenvalue weighted by Gasteiger charge is -2.29. The second-order valence-corrected chi connectivity index (χ2v) is 10.4. The molecule has 6 N–H and O–H groups in total. The second kappa shape index (κ2) is 13.0. The van der Waals surface area contributed by atoms with Gasteiger partial charge in [0.05, 0.1) is 44.4 Å². The van der Waals surface area contributed by atoms with E-state index >= 15 is 0 Å². The molecule has 0 unspecified atom stereocenters. The van der Waals surface area contributed by atoms with Gasteiger partial charge in [0.2, 0.25) is 11.8 Å². The van der Waals surface area contributed by atoms with Crippen LogP contribution in [0.5, 0.6) is 0 Å². The maximum atomic E-state index is 13.2. The smallest absolute Gasteiger partial charge is 0.289 e. The summed E-state index contributed by atoms with van der Waals surface area (Å²) in [6, 6.07) is 2.73. The van der Waals surface area contributed by atoms with Crippen molar-refractivity contribution in [1.82, 2.24) is 15.5 Å². The van der Waals surface area contributed by atoms with E-state index in [4.69, 9.17) is 13.9 Å². The first-order chi connectivity index (χ1) is 17.9. The van der Waals surface area contributed by atoms with Crippen molar-refractivity contribution in [3.63, 3.8) is 0 Å². The summed E-state index contributed by atoms with van der Waals surface area (Å²) >= 11 is 0. The molecule has 0 aromatic carbocycles. The summed E-state index contributed by atoms with van der Waals surface area (Å²) in [5.41, 5.74) is 0. The molecule has 1 aromatic heterocycles. The van der Waals surface area contributed by atoms with E-state index < -0.39 is 54.7 Å². The van der Waals surface area contributed by atoms with E-state index in [-0.39, 0.29) is 55.6 Å². The van der Waals surface area contributed by atoms with Crippen molar-refractivity contribution in [2.45, 2.75) is 101 Å². The van der Waals surface area contributed by atoms with Crippen molar-refractivity contribution < 1.29 is 48.7 Å². The van der Waals surface area contributed by atoms with Gasteiger partial charge in [0.25, 0.3) is 5.91 Å². The highest BCUT2D eigenvalue weighted by Crippen LogP contribution is 2.28. The van der Waals surface area contributed by atoms with E-state index in [1.165, 1.54) is 23.3 Å². The van der Waals surface area contributed by atoms with Crippen LogP contribution in [-0.2, 0) is 19.1 Å². The molecule has 214 valence electrons. The fourth-order valence-electron chi connectivity index (χ4n) is 4.65.